The lowest BCUT2D eigenvalue weighted by Crippen LogP contribution is -2.12. The van der Waals surface area contributed by atoms with E-state index >= 15 is 0 Å². The molecule has 0 spiro atoms. The maximum atomic E-state index is 5.75. The minimum atomic E-state index is 0.0496. The molecule has 0 radical (unpaired) electrons. The molecule has 3 aromatic carbocycles. The molecule has 0 aliphatic heterocycles. The summed E-state index contributed by atoms with van der Waals surface area (Å²) in [5, 5.41) is 3.68. The Kier molecular flexibility index (Phi) is 4.02. The van der Waals surface area contributed by atoms with Gasteiger partial charge in [0.05, 0.1) is 12.0 Å². The van der Waals surface area contributed by atoms with Gasteiger partial charge in [-0.25, -0.2) is 0 Å². The summed E-state index contributed by atoms with van der Waals surface area (Å²) in [4.78, 5) is 4.70. The van der Waals surface area contributed by atoms with E-state index in [4.69, 9.17) is 9.40 Å². The van der Waals surface area contributed by atoms with Crippen LogP contribution < -0.4 is 0 Å². The molecule has 0 N–H and O–H groups in total. The van der Waals surface area contributed by atoms with Crippen molar-refractivity contribution in [3.8, 4) is 22.4 Å². The molecule has 0 unspecified atom stereocenters. The van der Waals surface area contributed by atoms with E-state index in [2.05, 4.69) is 69.3 Å². The standard InChI is InChI=1S/C27H23NO/c1-27(2,3)24-15-20(14-18-8-4-5-9-21(18)24)25-16-19(12-13-28-25)23-17-29-26-11-7-6-10-22(23)26/h4-17H,1-3H3. The Morgan fingerprint density at radius 2 is 1.52 bits per heavy atom. The van der Waals surface area contributed by atoms with Gasteiger partial charge in [0.25, 0.3) is 0 Å². The molecule has 0 bridgehead atoms. The van der Waals surface area contributed by atoms with Gasteiger partial charge < -0.3 is 4.42 Å². The Labute approximate surface area is 170 Å². The predicted molar refractivity (Wildman–Crippen MR) is 121 cm³/mol. The summed E-state index contributed by atoms with van der Waals surface area (Å²) >= 11 is 0. The fraction of sp³-hybridized carbons (Fsp3) is 0.148. The molecule has 142 valence electrons. The SMILES string of the molecule is CC(C)(C)c1cc(-c2cc(-c3coc4ccccc34)ccn2)cc2ccccc12. The van der Waals surface area contributed by atoms with Crippen LogP contribution in [0.5, 0.6) is 0 Å². The summed E-state index contributed by atoms with van der Waals surface area (Å²) in [7, 11) is 0. The highest BCUT2D eigenvalue weighted by Crippen LogP contribution is 2.36. The first kappa shape index (κ1) is 17.7. The molecular formula is C27H23NO. The van der Waals surface area contributed by atoms with E-state index in [9.17, 15) is 0 Å². The molecule has 2 heteroatoms. The zero-order valence-corrected chi connectivity index (χ0v) is 16.9. The van der Waals surface area contributed by atoms with E-state index in [-0.39, 0.29) is 5.41 Å². The smallest absolute Gasteiger partial charge is 0.134 e. The highest BCUT2D eigenvalue weighted by Gasteiger charge is 2.19. The van der Waals surface area contributed by atoms with Crippen molar-refractivity contribution < 1.29 is 4.42 Å². The number of nitrogens with zero attached hydrogens (tertiary/aromatic N) is 1. The van der Waals surface area contributed by atoms with Crippen molar-refractivity contribution in [3.05, 3.63) is 90.8 Å². The largest absolute Gasteiger partial charge is 0.464 e. The summed E-state index contributed by atoms with van der Waals surface area (Å²) in [6.07, 6.45) is 3.73. The van der Waals surface area contributed by atoms with Crippen LogP contribution in [0.4, 0.5) is 0 Å². The summed E-state index contributed by atoms with van der Waals surface area (Å²) in [5.41, 5.74) is 6.63. The second-order valence-corrected chi connectivity index (χ2v) is 8.57. The third-order valence-electron chi connectivity index (χ3n) is 5.52. The van der Waals surface area contributed by atoms with E-state index in [0.717, 1.165) is 33.4 Å². The highest BCUT2D eigenvalue weighted by atomic mass is 16.3. The van der Waals surface area contributed by atoms with Crippen molar-refractivity contribution >= 4 is 21.7 Å². The lowest BCUT2D eigenvalue weighted by atomic mass is 9.82. The molecule has 5 rings (SSSR count). The van der Waals surface area contributed by atoms with Crippen molar-refractivity contribution in [2.24, 2.45) is 0 Å². The van der Waals surface area contributed by atoms with E-state index < -0.39 is 0 Å². The van der Waals surface area contributed by atoms with Crippen molar-refractivity contribution in [2.75, 3.05) is 0 Å². The molecule has 0 atom stereocenters. The van der Waals surface area contributed by atoms with Gasteiger partial charge in [-0.15, -0.1) is 0 Å². The number of rotatable bonds is 2. The van der Waals surface area contributed by atoms with Crippen LogP contribution in [-0.2, 0) is 5.41 Å². The summed E-state index contributed by atoms with van der Waals surface area (Å²) in [6.45, 7) is 6.79. The Hall–Kier alpha value is -3.39. The Morgan fingerprint density at radius 3 is 2.34 bits per heavy atom. The molecule has 0 fully saturated rings. The molecule has 2 nitrogen and oxygen atoms in total. The molecule has 0 amide bonds. The Balaban J connectivity index is 1.69. The molecular weight excluding hydrogens is 354 g/mol. The predicted octanol–water partition coefficient (Wildman–Crippen LogP) is 7.61. The first-order valence-electron chi connectivity index (χ1n) is 9.97. The third kappa shape index (κ3) is 3.11. The number of hydrogen-bond acceptors (Lipinski definition) is 2. The van der Waals surface area contributed by atoms with Gasteiger partial charge in [0, 0.05) is 22.7 Å². The van der Waals surface area contributed by atoms with E-state index in [0.29, 0.717) is 0 Å². The van der Waals surface area contributed by atoms with Gasteiger partial charge in [-0.3, -0.25) is 4.98 Å². The lowest BCUT2D eigenvalue weighted by Gasteiger charge is -2.22. The highest BCUT2D eigenvalue weighted by molar-refractivity contribution is 5.95. The zero-order chi connectivity index (χ0) is 20.0. The van der Waals surface area contributed by atoms with Crippen molar-refractivity contribution in [1.82, 2.24) is 4.98 Å². The van der Waals surface area contributed by atoms with Crippen LogP contribution in [0.15, 0.2) is 89.7 Å². The van der Waals surface area contributed by atoms with Crippen LogP contribution in [0.2, 0.25) is 0 Å². The molecule has 5 aromatic rings. The molecule has 29 heavy (non-hydrogen) atoms. The summed E-state index contributed by atoms with van der Waals surface area (Å²) < 4.78 is 5.75. The third-order valence-corrected chi connectivity index (χ3v) is 5.52. The number of para-hydroxylation sites is 1. The van der Waals surface area contributed by atoms with Crippen molar-refractivity contribution in [1.29, 1.82) is 0 Å². The monoisotopic (exact) mass is 377 g/mol. The van der Waals surface area contributed by atoms with Gasteiger partial charge in [-0.05, 0) is 57.6 Å². The van der Waals surface area contributed by atoms with Gasteiger partial charge in [-0.2, -0.15) is 0 Å². The minimum Gasteiger partial charge on any atom is -0.464 e. The van der Waals surface area contributed by atoms with Crippen LogP contribution in [0.3, 0.4) is 0 Å². The average molecular weight is 377 g/mol. The zero-order valence-electron chi connectivity index (χ0n) is 16.9. The summed E-state index contributed by atoms with van der Waals surface area (Å²) in [6, 6.07) is 25.5. The second-order valence-electron chi connectivity index (χ2n) is 8.57. The normalized spacial score (nSPS) is 12.0. The van der Waals surface area contributed by atoms with Crippen LogP contribution in [0, 0.1) is 0 Å². The fourth-order valence-electron chi connectivity index (χ4n) is 4.04. The number of pyridine rings is 1. The quantitative estimate of drug-likeness (QED) is 0.316. The number of fused-ring (bicyclic) bond motifs is 2. The van der Waals surface area contributed by atoms with Crippen LogP contribution in [0.1, 0.15) is 26.3 Å². The maximum absolute atomic E-state index is 5.75. The molecule has 0 saturated heterocycles. The van der Waals surface area contributed by atoms with Crippen molar-refractivity contribution in [2.45, 2.75) is 26.2 Å². The topological polar surface area (TPSA) is 26.0 Å². The average Bonchev–Trinajstić information content (AvgIpc) is 3.16. The number of hydrogen-bond donors (Lipinski definition) is 0. The van der Waals surface area contributed by atoms with Crippen LogP contribution in [-0.4, -0.2) is 4.98 Å². The first-order valence-corrected chi connectivity index (χ1v) is 9.97. The fourth-order valence-corrected chi connectivity index (χ4v) is 4.04. The number of benzene rings is 3. The van der Waals surface area contributed by atoms with E-state index in [1.165, 1.54) is 16.3 Å². The van der Waals surface area contributed by atoms with Gasteiger partial charge in [0.1, 0.15) is 5.58 Å². The Bertz CT molecular complexity index is 1340. The Morgan fingerprint density at radius 1 is 0.759 bits per heavy atom. The van der Waals surface area contributed by atoms with Gasteiger partial charge in [-0.1, -0.05) is 63.2 Å². The van der Waals surface area contributed by atoms with Gasteiger partial charge in [0.2, 0.25) is 0 Å². The minimum absolute atomic E-state index is 0.0496. The van der Waals surface area contributed by atoms with Crippen LogP contribution in [0.25, 0.3) is 44.1 Å². The molecule has 0 aliphatic rings. The van der Waals surface area contributed by atoms with Gasteiger partial charge >= 0.3 is 0 Å². The lowest BCUT2D eigenvalue weighted by molar-refractivity contribution is 0.596. The maximum Gasteiger partial charge on any atom is 0.134 e. The second kappa shape index (κ2) is 6.59. The molecule has 0 aliphatic carbocycles. The van der Waals surface area contributed by atoms with Gasteiger partial charge in [0.15, 0.2) is 0 Å². The molecule has 2 heterocycles. The first-order chi connectivity index (χ1) is 14.0. The van der Waals surface area contributed by atoms with E-state index in [1.54, 1.807) is 0 Å². The van der Waals surface area contributed by atoms with E-state index in [1.807, 2.05) is 36.7 Å². The van der Waals surface area contributed by atoms with Crippen molar-refractivity contribution in [3.63, 3.8) is 0 Å². The van der Waals surface area contributed by atoms with Crippen LogP contribution >= 0.6 is 0 Å². The number of aromatic nitrogens is 1. The summed E-state index contributed by atoms with van der Waals surface area (Å²) in [5.74, 6) is 0. The number of furan rings is 1. The molecule has 0 saturated carbocycles. The molecule has 2 aromatic heterocycles.